The normalized spacial score (nSPS) is 10.8. The molecule has 0 radical (unpaired) electrons. The Bertz CT molecular complexity index is 1180. The number of nitro benzene ring substituents is 1. The third-order valence-corrected chi connectivity index (χ3v) is 4.26. The van der Waals surface area contributed by atoms with Crippen LogP contribution >= 0.6 is 0 Å². The first-order chi connectivity index (χ1) is 15.0. The van der Waals surface area contributed by atoms with Crippen molar-refractivity contribution < 1.29 is 18.8 Å². The Kier molecular flexibility index (Phi) is 6.71. The fourth-order valence-electron chi connectivity index (χ4n) is 2.68. The molecular weight excluding hydrogens is 401 g/mol. The predicted octanol–water partition coefficient (Wildman–Crippen LogP) is 4.86. The van der Waals surface area contributed by atoms with Crippen molar-refractivity contribution in [2.75, 3.05) is 5.32 Å². The van der Waals surface area contributed by atoms with E-state index in [4.69, 9.17) is 4.74 Å². The molecule has 3 aromatic carbocycles. The molecule has 7 nitrogen and oxygen atoms in total. The molecular formula is C23H16FN3O4. The van der Waals surface area contributed by atoms with Gasteiger partial charge < -0.3 is 10.1 Å². The van der Waals surface area contributed by atoms with E-state index in [2.05, 4.69) is 5.32 Å². The number of amides is 1. The molecule has 0 bridgehead atoms. The SMILES string of the molecule is N#C/C(=C\c1ccc(OCc2ccccc2F)cc1)C(=O)Nc1ccccc1[N+](=O)[O-]. The number of carbonyl (C=O) groups excluding carboxylic acids is 1. The summed E-state index contributed by atoms with van der Waals surface area (Å²) in [6, 6.07) is 20.3. The predicted molar refractivity (Wildman–Crippen MR) is 112 cm³/mol. The van der Waals surface area contributed by atoms with Crippen molar-refractivity contribution >= 4 is 23.4 Å². The quantitative estimate of drug-likeness (QED) is 0.256. The average Bonchev–Trinajstić information content (AvgIpc) is 2.78. The fourth-order valence-corrected chi connectivity index (χ4v) is 2.68. The van der Waals surface area contributed by atoms with Crippen LogP contribution in [0.3, 0.4) is 0 Å². The van der Waals surface area contributed by atoms with Crippen molar-refractivity contribution in [2.45, 2.75) is 6.61 Å². The third kappa shape index (κ3) is 5.52. The van der Waals surface area contributed by atoms with Crippen molar-refractivity contribution in [3.63, 3.8) is 0 Å². The second-order valence-electron chi connectivity index (χ2n) is 6.35. The van der Waals surface area contributed by atoms with E-state index in [1.54, 1.807) is 54.6 Å². The zero-order valence-electron chi connectivity index (χ0n) is 16.1. The molecule has 0 spiro atoms. The lowest BCUT2D eigenvalue weighted by molar-refractivity contribution is -0.383. The number of halogens is 1. The first kappa shape index (κ1) is 21.2. The molecule has 0 saturated heterocycles. The van der Waals surface area contributed by atoms with Gasteiger partial charge in [0.05, 0.1) is 4.92 Å². The molecule has 1 amide bonds. The summed E-state index contributed by atoms with van der Waals surface area (Å²) in [5.74, 6) is -0.634. The molecule has 0 atom stereocenters. The van der Waals surface area contributed by atoms with Crippen LogP contribution in [0.15, 0.2) is 78.4 Å². The van der Waals surface area contributed by atoms with Gasteiger partial charge in [-0.25, -0.2) is 4.39 Å². The summed E-state index contributed by atoms with van der Waals surface area (Å²) in [4.78, 5) is 22.8. The van der Waals surface area contributed by atoms with E-state index in [0.29, 0.717) is 16.9 Å². The van der Waals surface area contributed by atoms with E-state index in [-0.39, 0.29) is 29.4 Å². The Morgan fingerprint density at radius 1 is 1.10 bits per heavy atom. The van der Waals surface area contributed by atoms with Gasteiger partial charge in [-0.3, -0.25) is 14.9 Å². The summed E-state index contributed by atoms with van der Waals surface area (Å²) >= 11 is 0. The first-order valence-electron chi connectivity index (χ1n) is 9.11. The minimum absolute atomic E-state index is 0.00413. The van der Waals surface area contributed by atoms with Gasteiger partial charge in [0.2, 0.25) is 0 Å². The van der Waals surface area contributed by atoms with E-state index in [9.17, 15) is 24.6 Å². The van der Waals surface area contributed by atoms with Crippen molar-refractivity contribution in [3.05, 3.63) is 105 Å². The van der Waals surface area contributed by atoms with Gasteiger partial charge in [-0.05, 0) is 35.9 Å². The molecule has 1 N–H and O–H groups in total. The maximum atomic E-state index is 13.6. The van der Waals surface area contributed by atoms with Gasteiger partial charge in [0.1, 0.15) is 35.5 Å². The number of benzene rings is 3. The van der Waals surface area contributed by atoms with Crippen LogP contribution in [0.1, 0.15) is 11.1 Å². The smallest absolute Gasteiger partial charge is 0.292 e. The highest BCUT2D eigenvalue weighted by Crippen LogP contribution is 2.24. The Morgan fingerprint density at radius 3 is 2.45 bits per heavy atom. The van der Waals surface area contributed by atoms with Crippen LogP contribution < -0.4 is 10.1 Å². The van der Waals surface area contributed by atoms with Crippen molar-refractivity contribution in [1.82, 2.24) is 0 Å². The van der Waals surface area contributed by atoms with Gasteiger partial charge in [-0.15, -0.1) is 0 Å². The number of anilines is 1. The molecule has 0 aliphatic heterocycles. The number of nitro groups is 1. The van der Waals surface area contributed by atoms with Gasteiger partial charge >= 0.3 is 0 Å². The van der Waals surface area contributed by atoms with Crippen LogP contribution in [0.4, 0.5) is 15.8 Å². The largest absolute Gasteiger partial charge is 0.489 e. The van der Waals surface area contributed by atoms with E-state index in [0.717, 1.165) is 0 Å². The minimum atomic E-state index is -0.767. The molecule has 0 heterocycles. The molecule has 31 heavy (non-hydrogen) atoms. The van der Waals surface area contributed by atoms with Gasteiger partial charge in [0.25, 0.3) is 11.6 Å². The van der Waals surface area contributed by atoms with Crippen LogP contribution in [-0.2, 0) is 11.4 Å². The molecule has 0 aliphatic rings. The van der Waals surface area contributed by atoms with Gasteiger partial charge in [-0.1, -0.05) is 42.5 Å². The average molecular weight is 417 g/mol. The van der Waals surface area contributed by atoms with Gasteiger partial charge in [-0.2, -0.15) is 5.26 Å². The number of nitriles is 1. The van der Waals surface area contributed by atoms with Gasteiger partial charge in [0, 0.05) is 11.6 Å². The number of para-hydroxylation sites is 2. The summed E-state index contributed by atoms with van der Waals surface area (Å²) < 4.78 is 19.2. The van der Waals surface area contributed by atoms with Crippen LogP contribution in [0.5, 0.6) is 5.75 Å². The van der Waals surface area contributed by atoms with Crippen LogP contribution in [0.2, 0.25) is 0 Å². The standard InChI is InChI=1S/C23H16FN3O4/c24-20-6-2-1-5-17(20)15-31-19-11-9-16(10-12-19)13-18(14-25)23(28)26-21-7-3-4-8-22(21)27(29)30/h1-13H,15H2,(H,26,28)/b18-13+. The number of carbonyl (C=O) groups is 1. The van der Waals surface area contributed by atoms with E-state index < -0.39 is 10.8 Å². The third-order valence-electron chi connectivity index (χ3n) is 4.26. The fraction of sp³-hybridized carbons (Fsp3) is 0.0435. The highest BCUT2D eigenvalue weighted by molar-refractivity contribution is 6.10. The Balaban J connectivity index is 1.69. The number of ether oxygens (including phenoxy) is 1. The molecule has 0 fully saturated rings. The highest BCUT2D eigenvalue weighted by Gasteiger charge is 2.17. The number of rotatable bonds is 7. The number of hydrogen-bond acceptors (Lipinski definition) is 5. The zero-order chi connectivity index (χ0) is 22.2. The topological polar surface area (TPSA) is 105 Å². The number of hydrogen-bond donors (Lipinski definition) is 1. The molecule has 0 saturated carbocycles. The maximum Gasteiger partial charge on any atom is 0.292 e. The zero-order valence-corrected chi connectivity index (χ0v) is 16.1. The Morgan fingerprint density at radius 2 is 1.77 bits per heavy atom. The monoisotopic (exact) mass is 417 g/mol. The summed E-state index contributed by atoms with van der Waals surface area (Å²) in [6.07, 6.45) is 1.35. The Hall–Kier alpha value is -4.51. The van der Waals surface area contributed by atoms with Crippen molar-refractivity contribution in [2.24, 2.45) is 0 Å². The summed E-state index contributed by atoms with van der Waals surface area (Å²) in [5.41, 5.74) is 0.468. The van der Waals surface area contributed by atoms with Crippen LogP contribution in [0, 0.1) is 27.3 Å². The van der Waals surface area contributed by atoms with Gasteiger partial charge in [0.15, 0.2) is 0 Å². The maximum absolute atomic E-state index is 13.6. The minimum Gasteiger partial charge on any atom is -0.489 e. The summed E-state index contributed by atoms with van der Waals surface area (Å²) in [7, 11) is 0. The Labute approximate surface area is 177 Å². The second kappa shape index (κ2) is 9.80. The molecule has 0 aliphatic carbocycles. The van der Waals surface area contributed by atoms with Crippen molar-refractivity contribution in [1.29, 1.82) is 5.26 Å². The van der Waals surface area contributed by atoms with E-state index in [1.807, 2.05) is 0 Å². The molecule has 8 heteroatoms. The molecule has 154 valence electrons. The first-order valence-corrected chi connectivity index (χ1v) is 9.11. The van der Waals surface area contributed by atoms with Crippen molar-refractivity contribution in [3.8, 4) is 11.8 Å². The number of nitrogens with zero attached hydrogens (tertiary/aromatic N) is 2. The highest BCUT2D eigenvalue weighted by atomic mass is 19.1. The second-order valence-corrected chi connectivity index (χ2v) is 6.35. The van der Waals surface area contributed by atoms with E-state index >= 15 is 0 Å². The summed E-state index contributed by atoms with van der Waals surface area (Å²) in [5, 5.41) is 22.8. The van der Waals surface area contributed by atoms with E-state index in [1.165, 1.54) is 30.3 Å². The molecule has 0 unspecified atom stereocenters. The lowest BCUT2D eigenvalue weighted by Gasteiger charge is -2.08. The van der Waals surface area contributed by atoms with Crippen LogP contribution in [-0.4, -0.2) is 10.8 Å². The summed E-state index contributed by atoms with van der Waals surface area (Å²) in [6.45, 7) is 0.0591. The lowest BCUT2D eigenvalue weighted by atomic mass is 10.1. The lowest BCUT2D eigenvalue weighted by Crippen LogP contribution is -2.14. The van der Waals surface area contributed by atoms with Crippen LogP contribution in [0.25, 0.3) is 6.08 Å². The number of nitrogens with one attached hydrogen (secondary N) is 1. The molecule has 0 aromatic heterocycles. The molecule has 3 aromatic rings. The molecule has 3 rings (SSSR count).